The van der Waals surface area contributed by atoms with Gasteiger partial charge in [0.15, 0.2) is 0 Å². The maximum atomic E-state index is 14.6. The fraction of sp³-hybridized carbons (Fsp3) is 0.182. The molecule has 0 fully saturated rings. The predicted octanol–water partition coefficient (Wildman–Crippen LogP) is 3.77. The normalized spacial score (nSPS) is 18.3. The minimum Gasteiger partial charge on any atom is -0.373 e. The van der Waals surface area contributed by atoms with Gasteiger partial charge in [-0.05, 0) is 29.8 Å². The number of aromatic nitrogens is 1. The monoisotopic (exact) mass is 389 g/mol. The van der Waals surface area contributed by atoms with E-state index in [0.29, 0.717) is 23.5 Å². The van der Waals surface area contributed by atoms with Crippen molar-refractivity contribution in [3.63, 3.8) is 0 Å². The van der Waals surface area contributed by atoms with Gasteiger partial charge in [-0.3, -0.25) is 4.79 Å². The number of carbonyl (C=O) groups excluding carboxylic acids is 1. The molecule has 0 saturated heterocycles. The number of allylic oxidation sites excluding steroid dienone is 3. The van der Waals surface area contributed by atoms with Gasteiger partial charge in [-0.2, -0.15) is 14.8 Å². The van der Waals surface area contributed by atoms with E-state index in [1.807, 2.05) is 12.2 Å². The molecular weight excluding hydrogens is 369 g/mol. The molecule has 2 heterocycles. The van der Waals surface area contributed by atoms with Gasteiger partial charge in [-0.15, -0.1) is 0 Å². The van der Waals surface area contributed by atoms with E-state index in [9.17, 15) is 9.18 Å². The van der Waals surface area contributed by atoms with Gasteiger partial charge in [-0.1, -0.05) is 36.4 Å². The summed E-state index contributed by atoms with van der Waals surface area (Å²) in [5, 5.41) is 17.6. The molecule has 1 aliphatic heterocycles. The Bertz CT molecular complexity index is 1020. The highest BCUT2D eigenvalue weighted by atomic mass is 19.1. The lowest BCUT2D eigenvalue weighted by Gasteiger charge is -2.19. The van der Waals surface area contributed by atoms with E-state index >= 15 is 0 Å². The van der Waals surface area contributed by atoms with Crippen molar-refractivity contribution < 1.29 is 9.18 Å². The lowest BCUT2D eigenvalue weighted by atomic mass is 10.1. The van der Waals surface area contributed by atoms with E-state index in [2.05, 4.69) is 21.5 Å². The van der Waals surface area contributed by atoms with Gasteiger partial charge in [0.25, 0.3) is 0 Å². The third-order valence-corrected chi connectivity index (χ3v) is 4.35. The van der Waals surface area contributed by atoms with Crippen molar-refractivity contribution in [3.05, 3.63) is 83.3 Å². The number of nitriles is 1. The average Bonchev–Trinajstić information content (AvgIpc) is 2.74. The van der Waals surface area contributed by atoms with Crippen LogP contribution in [0.15, 0.2) is 65.8 Å². The molecule has 1 aromatic heterocycles. The Balaban J connectivity index is 1.98. The molecule has 0 aliphatic carbocycles. The first kappa shape index (κ1) is 20.0. The zero-order chi connectivity index (χ0) is 20.6. The number of carbonyl (C=O) groups is 1. The maximum absolute atomic E-state index is 14.6. The molecule has 0 unspecified atom stereocenters. The molecule has 146 valence electrons. The molecule has 7 heteroatoms. The predicted molar refractivity (Wildman–Crippen MR) is 109 cm³/mol. The summed E-state index contributed by atoms with van der Waals surface area (Å²) >= 11 is 0. The zero-order valence-electron chi connectivity index (χ0n) is 16.0. The van der Waals surface area contributed by atoms with Gasteiger partial charge >= 0.3 is 0 Å². The summed E-state index contributed by atoms with van der Waals surface area (Å²) in [5.41, 5.74) is 2.01. The smallest absolute Gasteiger partial charge is 0.246 e. The van der Waals surface area contributed by atoms with Crippen LogP contribution in [-0.4, -0.2) is 28.7 Å². The number of benzene rings is 1. The van der Waals surface area contributed by atoms with E-state index in [4.69, 9.17) is 5.26 Å². The minimum absolute atomic E-state index is 0.177. The largest absolute Gasteiger partial charge is 0.373 e. The van der Waals surface area contributed by atoms with Gasteiger partial charge in [-0.25, -0.2) is 9.99 Å². The average molecular weight is 389 g/mol. The molecule has 0 saturated carbocycles. The second-order valence-corrected chi connectivity index (χ2v) is 6.36. The SMILES string of the molecule is CNc1ccc(/C2=N/N(Cc3ccc(C#N)cc3)C(=O)C/C=C\C=C/C2)c(F)n1. The Morgan fingerprint density at radius 3 is 2.52 bits per heavy atom. The van der Waals surface area contributed by atoms with E-state index < -0.39 is 5.95 Å². The molecule has 1 N–H and O–H groups in total. The van der Waals surface area contributed by atoms with Crippen molar-refractivity contribution in [1.82, 2.24) is 9.99 Å². The number of anilines is 1. The van der Waals surface area contributed by atoms with E-state index in [0.717, 1.165) is 5.56 Å². The molecule has 1 aromatic carbocycles. The van der Waals surface area contributed by atoms with Crippen LogP contribution in [0.2, 0.25) is 0 Å². The number of pyridine rings is 1. The van der Waals surface area contributed by atoms with Crippen molar-refractivity contribution in [3.8, 4) is 6.07 Å². The fourth-order valence-electron chi connectivity index (χ4n) is 2.79. The van der Waals surface area contributed by atoms with Gasteiger partial charge in [0.2, 0.25) is 11.9 Å². The van der Waals surface area contributed by atoms with E-state index in [-0.39, 0.29) is 24.4 Å². The summed E-state index contributed by atoms with van der Waals surface area (Å²) in [6.07, 6.45) is 7.74. The van der Waals surface area contributed by atoms with Crippen LogP contribution in [0.5, 0.6) is 0 Å². The minimum atomic E-state index is -0.651. The lowest BCUT2D eigenvalue weighted by Crippen LogP contribution is -2.27. The summed E-state index contributed by atoms with van der Waals surface area (Å²) in [6, 6.07) is 12.3. The highest BCUT2D eigenvalue weighted by Gasteiger charge is 2.17. The van der Waals surface area contributed by atoms with Gasteiger partial charge in [0.05, 0.1) is 29.5 Å². The highest BCUT2D eigenvalue weighted by molar-refractivity contribution is 6.02. The topological polar surface area (TPSA) is 81.4 Å². The van der Waals surface area contributed by atoms with Crippen LogP contribution in [0.4, 0.5) is 10.2 Å². The third-order valence-electron chi connectivity index (χ3n) is 4.35. The quantitative estimate of drug-likeness (QED) is 0.807. The molecule has 6 nitrogen and oxygen atoms in total. The summed E-state index contributed by atoms with van der Waals surface area (Å²) in [5.74, 6) is -0.447. The Hall–Kier alpha value is -3.79. The van der Waals surface area contributed by atoms with Gasteiger partial charge < -0.3 is 5.32 Å². The van der Waals surface area contributed by atoms with Crippen LogP contribution < -0.4 is 5.32 Å². The molecule has 29 heavy (non-hydrogen) atoms. The van der Waals surface area contributed by atoms with Crippen LogP contribution in [-0.2, 0) is 11.3 Å². The van der Waals surface area contributed by atoms with Gasteiger partial charge in [0, 0.05) is 19.9 Å². The van der Waals surface area contributed by atoms with Crippen molar-refractivity contribution in [1.29, 1.82) is 5.26 Å². The lowest BCUT2D eigenvalue weighted by molar-refractivity contribution is -0.130. The molecule has 2 aromatic rings. The van der Waals surface area contributed by atoms with Crippen LogP contribution in [0, 0.1) is 17.3 Å². The molecule has 0 bridgehead atoms. The third kappa shape index (κ3) is 5.14. The first-order valence-corrected chi connectivity index (χ1v) is 9.14. The number of rotatable bonds is 4. The number of hydrogen-bond donors (Lipinski definition) is 1. The summed E-state index contributed by atoms with van der Waals surface area (Å²) in [6.45, 7) is 0.218. The number of hydrazone groups is 1. The summed E-state index contributed by atoms with van der Waals surface area (Å²) in [4.78, 5) is 16.6. The Morgan fingerprint density at radius 2 is 1.86 bits per heavy atom. The summed E-state index contributed by atoms with van der Waals surface area (Å²) in [7, 11) is 1.66. The second-order valence-electron chi connectivity index (χ2n) is 6.36. The van der Waals surface area contributed by atoms with Crippen LogP contribution in [0.3, 0.4) is 0 Å². The van der Waals surface area contributed by atoms with Crippen molar-refractivity contribution >= 4 is 17.4 Å². The van der Waals surface area contributed by atoms with E-state index in [1.165, 1.54) is 5.01 Å². The number of amides is 1. The van der Waals surface area contributed by atoms with Crippen molar-refractivity contribution in [2.75, 3.05) is 12.4 Å². The number of nitrogens with one attached hydrogen (secondary N) is 1. The highest BCUT2D eigenvalue weighted by Crippen LogP contribution is 2.17. The van der Waals surface area contributed by atoms with Crippen molar-refractivity contribution in [2.24, 2.45) is 5.10 Å². The zero-order valence-corrected chi connectivity index (χ0v) is 16.0. The molecule has 0 radical (unpaired) electrons. The van der Waals surface area contributed by atoms with Crippen LogP contribution in [0.1, 0.15) is 29.5 Å². The van der Waals surface area contributed by atoms with E-state index in [1.54, 1.807) is 55.6 Å². The van der Waals surface area contributed by atoms with Gasteiger partial charge in [0.1, 0.15) is 5.82 Å². The molecular formula is C22H20FN5O. The Kier molecular flexibility index (Phi) is 6.48. The van der Waals surface area contributed by atoms with Crippen LogP contribution in [0.25, 0.3) is 0 Å². The molecule has 0 atom stereocenters. The maximum Gasteiger partial charge on any atom is 0.246 e. The molecule has 3 rings (SSSR count). The molecule has 1 aliphatic rings. The molecule has 1 amide bonds. The number of nitrogens with zero attached hydrogens (tertiary/aromatic N) is 4. The Labute approximate surface area is 168 Å². The van der Waals surface area contributed by atoms with Crippen molar-refractivity contribution in [2.45, 2.75) is 19.4 Å². The second kappa shape index (κ2) is 9.42. The van der Waals surface area contributed by atoms with Crippen LogP contribution >= 0.6 is 0 Å². The first-order chi connectivity index (χ1) is 14.1. The standard InChI is InChI=1S/C22H20FN5O/c1-25-20-13-12-18(22(23)26-20)19-6-4-2-3-5-7-21(29)28(27-19)15-17-10-8-16(14-24)9-11-17/h2-5,8-13H,6-7,15H2,1H3,(H,25,26)/b4-2-,5-3-,27-19+. The molecule has 0 spiro atoms. The Morgan fingerprint density at radius 1 is 1.14 bits per heavy atom. The number of hydrogen-bond acceptors (Lipinski definition) is 5. The summed E-state index contributed by atoms with van der Waals surface area (Å²) < 4.78 is 14.6. The number of halogens is 1. The first-order valence-electron chi connectivity index (χ1n) is 9.14. The fourth-order valence-corrected chi connectivity index (χ4v) is 2.79.